The molecule has 2 bridgehead atoms. The number of hydrogen-bond donors (Lipinski definition) is 0. The SMILES string of the molecule is Cn1cc(CN2C[C@H]3C[C@H]2C[C@H]3Oc2cccnc2)cn1. The number of aryl methyl sites for hydroxylation is 1. The van der Waals surface area contributed by atoms with Crippen LogP contribution in [0.3, 0.4) is 0 Å². The highest BCUT2D eigenvalue weighted by Crippen LogP contribution is 2.40. The number of nitrogens with zero attached hydrogens (tertiary/aromatic N) is 4. The van der Waals surface area contributed by atoms with Crippen LogP contribution in [0.5, 0.6) is 5.75 Å². The molecule has 4 rings (SSSR count). The summed E-state index contributed by atoms with van der Waals surface area (Å²) in [5.74, 6) is 1.54. The fourth-order valence-corrected chi connectivity index (χ4v) is 3.72. The number of piperidine rings is 1. The van der Waals surface area contributed by atoms with Crippen molar-refractivity contribution in [1.29, 1.82) is 0 Å². The van der Waals surface area contributed by atoms with Gasteiger partial charge in [0.1, 0.15) is 11.9 Å². The van der Waals surface area contributed by atoms with Gasteiger partial charge in [0, 0.05) is 56.5 Å². The third-order valence-electron chi connectivity index (χ3n) is 4.66. The largest absolute Gasteiger partial charge is 0.488 e. The molecule has 5 nitrogen and oxygen atoms in total. The second-order valence-electron chi connectivity index (χ2n) is 6.18. The van der Waals surface area contributed by atoms with Crippen LogP contribution in [0.15, 0.2) is 36.9 Å². The Morgan fingerprint density at radius 1 is 1.33 bits per heavy atom. The minimum atomic E-state index is 0.351. The van der Waals surface area contributed by atoms with E-state index in [1.807, 2.05) is 30.1 Å². The van der Waals surface area contributed by atoms with Gasteiger partial charge in [0.25, 0.3) is 0 Å². The smallest absolute Gasteiger partial charge is 0.138 e. The van der Waals surface area contributed by atoms with Gasteiger partial charge in [0.2, 0.25) is 0 Å². The normalized spacial score (nSPS) is 28.1. The Balaban J connectivity index is 1.37. The van der Waals surface area contributed by atoms with E-state index in [-0.39, 0.29) is 0 Å². The molecule has 0 N–H and O–H groups in total. The molecular weight excluding hydrogens is 264 g/mol. The van der Waals surface area contributed by atoms with Gasteiger partial charge >= 0.3 is 0 Å². The predicted octanol–water partition coefficient (Wildman–Crippen LogP) is 1.86. The lowest BCUT2D eigenvalue weighted by Gasteiger charge is -2.31. The lowest BCUT2D eigenvalue weighted by molar-refractivity contribution is 0.0887. The number of rotatable bonds is 4. The van der Waals surface area contributed by atoms with E-state index in [0.29, 0.717) is 18.1 Å². The van der Waals surface area contributed by atoms with Crippen LogP contribution in [0.4, 0.5) is 0 Å². The first-order valence-corrected chi connectivity index (χ1v) is 7.56. The minimum Gasteiger partial charge on any atom is -0.488 e. The zero-order valence-electron chi connectivity index (χ0n) is 12.2. The van der Waals surface area contributed by atoms with Gasteiger partial charge in [0.15, 0.2) is 0 Å². The average Bonchev–Trinajstić information content (AvgIpc) is 3.17. The predicted molar refractivity (Wildman–Crippen MR) is 78.8 cm³/mol. The van der Waals surface area contributed by atoms with Crippen molar-refractivity contribution in [1.82, 2.24) is 19.7 Å². The van der Waals surface area contributed by atoms with E-state index in [4.69, 9.17) is 4.74 Å². The Kier molecular flexibility index (Phi) is 3.15. The van der Waals surface area contributed by atoms with Gasteiger partial charge in [-0.05, 0) is 18.6 Å². The first-order valence-electron chi connectivity index (χ1n) is 7.56. The molecule has 3 atom stereocenters. The van der Waals surface area contributed by atoms with Crippen molar-refractivity contribution >= 4 is 0 Å². The summed E-state index contributed by atoms with van der Waals surface area (Å²) >= 11 is 0. The topological polar surface area (TPSA) is 43.2 Å². The molecule has 5 heteroatoms. The molecule has 2 aromatic heterocycles. The Hall–Kier alpha value is -1.88. The molecule has 1 saturated heterocycles. The van der Waals surface area contributed by atoms with Crippen LogP contribution in [-0.2, 0) is 13.6 Å². The fourth-order valence-electron chi connectivity index (χ4n) is 3.72. The van der Waals surface area contributed by atoms with E-state index in [1.54, 1.807) is 12.4 Å². The highest BCUT2D eigenvalue weighted by molar-refractivity contribution is 5.17. The number of aromatic nitrogens is 3. The number of ether oxygens (including phenoxy) is 1. The van der Waals surface area contributed by atoms with E-state index in [2.05, 4.69) is 21.2 Å². The van der Waals surface area contributed by atoms with E-state index in [0.717, 1.165) is 25.3 Å². The fraction of sp³-hybridized carbons (Fsp3) is 0.500. The Labute approximate surface area is 124 Å². The van der Waals surface area contributed by atoms with Crippen molar-refractivity contribution in [3.63, 3.8) is 0 Å². The standard InChI is InChI=1S/C16H20N4O/c1-19-9-12(7-18-19)10-20-11-13-5-14(20)6-16(13)21-15-3-2-4-17-8-15/h2-4,7-9,13-14,16H,5-6,10-11H2,1H3/t13-,14+,16-/m1/s1. The van der Waals surface area contributed by atoms with Crippen LogP contribution in [0.1, 0.15) is 18.4 Å². The summed E-state index contributed by atoms with van der Waals surface area (Å²) in [6.45, 7) is 2.14. The van der Waals surface area contributed by atoms with E-state index >= 15 is 0 Å². The quantitative estimate of drug-likeness (QED) is 0.859. The van der Waals surface area contributed by atoms with Crippen molar-refractivity contribution < 1.29 is 4.74 Å². The number of hydrogen-bond acceptors (Lipinski definition) is 4. The molecule has 2 aromatic rings. The van der Waals surface area contributed by atoms with Gasteiger partial charge < -0.3 is 4.74 Å². The Morgan fingerprint density at radius 2 is 2.29 bits per heavy atom. The second kappa shape index (κ2) is 5.15. The average molecular weight is 284 g/mol. The van der Waals surface area contributed by atoms with Crippen LogP contribution >= 0.6 is 0 Å². The van der Waals surface area contributed by atoms with Crippen molar-refractivity contribution in [3.8, 4) is 5.75 Å². The Bertz CT molecular complexity index is 612. The van der Waals surface area contributed by atoms with Gasteiger partial charge in [-0.15, -0.1) is 0 Å². The zero-order valence-corrected chi connectivity index (χ0v) is 12.2. The molecule has 110 valence electrons. The van der Waals surface area contributed by atoms with Crippen LogP contribution < -0.4 is 4.74 Å². The number of likely N-dealkylation sites (tertiary alicyclic amines) is 1. The first kappa shape index (κ1) is 12.8. The summed E-state index contributed by atoms with van der Waals surface area (Å²) in [6.07, 6.45) is 10.4. The summed E-state index contributed by atoms with van der Waals surface area (Å²) in [6, 6.07) is 4.57. The van der Waals surface area contributed by atoms with Crippen LogP contribution in [-0.4, -0.2) is 38.4 Å². The van der Waals surface area contributed by atoms with Crippen molar-refractivity contribution in [2.24, 2.45) is 13.0 Å². The molecule has 1 aliphatic heterocycles. The van der Waals surface area contributed by atoms with Crippen LogP contribution in [0.2, 0.25) is 0 Å². The second-order valence-corrected chi connectivity index (χ2v) is 6.18. The Morgan fingerprint density at radius 3 is 2.95 bits per heavy atom. The van der Waals surface area contributed by atoms with Gasteiger partial charge in [-0.2, -0.15) is 5.10 Å². The molecular formula is C16H20N4O. The highest BCUT2D eigenvalue weighted by Gasteiger charge is 2.45. The molecule has 0 aromatic carbocycles. The molecule has 2 fully saturated rings. The summed E-state index contributed by atoms with van der Waals surface area (Å²) < 4.78 is 7.98. The van der Waals surface area contributed by atoms with Crippen LogP contribution in [0, 0.1) is 5.92 Å². The lowest BCUT2D eigenvalue weighted by Crippen LogP contribution is -2.39. The third-order valence-corrected chi connectivity index (χ3v) is 4.66. The number of pyridine rings is 1. The maximum absolute atomic E-state index is 6.11. The summed E-state index contributed by atoms with van der Waals surface area (Å²) in [5, 5.41) is 4.25. The maximum Gasteiger partial charge on any atom is 0.138 e. The van der Waals surface area contributed by atoms with Gasteiger partial charge in [-0.1, -0.05) is 0 Å². The maximum atomic E-state index is 6.11. The molecule has 1 saturated carbocycles. The molecule has 0 radical (unpaired) electrons. The monoisotopic (exact) mass is 284 g/mol. The third kappa shape index (κ3) is 2.53. The zero-order chi connectivity index (χ0) is 14.2. The van der Waals surface area contributed by atoms with E-state index in [9.17, 15) is 0 Å². The first-order chi connectivity index (χ1) is 10.3. The summed E-state index contributed by atoms with van der Waals surface area (Å²) in [7, 11) is 1.97. The molecule has 0 amide bonds. The molecule has 1 aliphatic carbocycles. The van der Waals surface area contributed by atoms with Crippen molar-refractivity contribution in [2.45, 2.75) is 31.5 Å². The highest BCUT2D eigenvalue weighted by atomic mass is 16.5. The lowest BCUT2D eigenvalue weighted by atomic mass is 10.1. The molecule has 0 spiro atoms. The minimum absolute atomic E-state index is 0.351. The van der Waals surface area contributed by atoms with E-state index in [1.165, 1.54) is 12.0 Å². The van der Waals surface area contributed by atoms with Crippen LogP contribution in [0.25, 0.3) is 0 Å². The van der Waals surface area contributed by atoms with E-state index < -0.39 is 0 Å². The van der Waals surface area contributed by atoms with Gasteiger partial charge in [0.05, 0.1) is 12.4 Å². The number of fused-ring (bicyclic) bond motifs is 2. The molecule has 21 heavy (non-hydrogen) atoms. The molecule has 0 unspecified atom stereocenters. The summed E-state index contributed by atoms with van der Waals surface area (Å²) in [4.78, 5) is 6.69. The van der Waals surface area contributed by atoms with Gasteiger partial charge in [-0.25, -0.2) is 0 Å². The molecule has 2 aliphatic rings. The van der Waals surface area contributed by atoms with Crippen molar-refractivity contribution in [3.05, 3.63) is 42.5 Å². The molecule has 3 heterocycles. The summed E-state index contributed by atoms with van der Waals surface area (Å²) in [5.41, 5.74) is 1.30. The van der Waals surface area contributed by atoms with Gasteiger partial charge in [-0.3, -0.25) is 14.6 Å². The van der Waals surface area contributed by atoms with Crippen molar-refractivity contribution in [2.75, 3.05) is 6.54 Å².